The van der Waals surface area contributed by atoms with Gasteiger partial charge in [-0.1, -0.05) is 263 Å². The van der Waals surface area contributed by atoms with Gasteiger partial charge < -0.3 is 20.3 Å². The molecule has 0 saturated heterocycles. The van der Waals surface area contributed by atoms with Crippen LogP contribution < -0.4 is 5.32 Å². The number of allylic oxidation sites excluding steroid dienone is 3. The number of hydrogen-bond donors (Lipinski definition) is 3. The molecule has 0 aliphatic carbocycles. The zero-order valence-corrected chi connectivity index (χ0v) is 42.3. The fourth-order valence-electron chi connectivity index (χ4n) is 8.64. The fourth-order valence-corrected chi connectivity index (χ4v) is 8.64. The van der Waals surface area contributed by atoms with E-state index in [4.69, 9.17) is 4.74 Å². The van der Waals surface area contributed by atoms with Gasteiger partial charge in [0.2, 0.25) is 5.91 Å². The van der Waals surface area contributed by atoms with Gasteiger partial charge in [0.25, 0.3) is 0 Å². The Morgan fingerprint density at radius 1 is 0.429 bits per heavy atom. The van der Waals surface area contributed by atoms with E-state index in [0.717, 1.165) is 70.6 Å². The van der Waals surface area contributed by atoms with Gasteiger partial charge in [0.05, 0.1) is 25.4 Å². The summed E-state index contributed by atoms with van der Waals surface area (Å²) in [6.07, 6.45) is 63.5. The monoisotopic (exact) mass is 888 g/mol. The predicted molar refractivity (Wildman–Crippen MR) is 273 cm³/mol. The Morgan fingerprint density at radius 3 is 1.16 bits per heavy atom. The molecule has 0 radical (unpaired) electrons. The summed E-state index contributed by atoms with van der Waals surface area (Å²) in [4.78, 5) is 24.5. The smallest absolute Gasteiger partial charge is 0.305 e. The molecule has 63 heavy (non-hydrogen) atoms. The van der Waals surface area contributed by atoms with Gasteiger partial charge in [0, 0.05) is 12.8 Å². The molecule has 0 bridgehead atoms. The van der Waals surface area contributed by atoms with E-state index in [0.29, 0.717) is 19.4 Å². The van der Waals surface area contributed by atoms with Crippen molar-refractivity contribution in [2.24, 2.45) is 0 Å². The Balaban J connectivity index is 3.53. The number of esters is 1. The molecule has 0 aromatic carbocycles. The van der Waals surface area contributed by atoms with Gasteiger partial charge in [0.1, 0.15) is 0 Å². The molecule has 0 aromatic heterocycles. The number of rotatable bonds is 52. The second-order valence-corrected chi connectivity index (χ2v) is 19.3. The summed E-state index contributed by atoms with van der Waals surface area (Å²) >= 11 is 0. The minimum atomic E-state index is -0.875. The molecule has 0 aliphatic rings. The van der Waals surface area contributed by atoms with Crippen molar-refractivity contribution in [3.8, 4) is 0 Å². The quantitative estimate of drug-likeness (QED) is 0.0321. The average molecular weight is 889 g/mol. The van der Waals surface area contributed by atoms with Crippen molar-refractivity contribution in [3.05, 3.63) is 24.3 Å². The molecule has 2 unspecified atom stereocenters. The zero-order chi connectivity index (χ0) is 45.8. The summed E-state index contributed by atoms with van der Waals surface area (Å²) in [6.45, 7) is 4.83. The van der Waals surface area contributed by atoms with Crippen molar-refractivity contribution in [2.45, 2.75) is 315 Å². The first-order valence-electron chi connectivity index (χ1n) is 28.1. The molecule has 0 spiro atoms. The van der Waals surface area contributed by atoms with Crippen LogP contribution >= 0.6 is 0 Å². The Kier molecular flexibility index (Phi) is 51.6. The highest BCUT2D eigenvalue weighted by atomic mass is 16.5. The first-order valence-corrected chi connectivity index (χ1v) is 28.1. The Labute approximate surface area is 392 Å². The van der Waals surface area contributed by atoms with Gasteiger partial charge in [-0.3, -0.25) is 9.59 Å². The number of unbranched alkanes of at least 4 members (excludes halogenated alkanes) is 39. The van der Waals surface area contributed by atoms with Crippen LogP contribution in [-0.4, -0.2) is 47.4 Å². The van der Waals surface area contributed by atoms with E-state index in [1.807, 2.05) is 6.08 Å². The van der Waals surface area contributed by atoms with Crippen molar-refractivity contribution in [2.75, 3.05) is 13.2 Å². The molecule has 0 heterocycles. The van der Waals surface area contributed by atoms with Crippen molar-refractivity contribution < 1.29 is 24.5 Å². The van der Waals surface area contributed by atoms with Gasteiger partial charge >= 0.3 is 5.97 Å². The standard InChI is InChI=1S/C57H109NO5/c1-3-5-7-9-11-13-15-17-19-21-23-25-27-29-31-35-39-43-47-51-57(62)63-52-48-44-40-36-32-34-38-42-46-50-56(61)58-54(53-59)55(60)49-45-41-37-33-30-28-26-24-22-20-18-16-14-12-10-8-6-4-2/h34,38,45,49,54-55,59-60H,3-33,35-37,39-44,46-48,50-53H2,1-2H3,(H,58,61)/b38-34-,49-45+. The normalized spacial score (nSPS) is 12.8. The molecule has 0 aromatic rings. The molecule has 6 heteroatoms. The summed E-state index contributed by atoms with van der Waals surface area (Å²) in [7, 11) is 0. The first-order chi connectivity index (χ1) is 31.0. The molecule has 0 fully saturated rings. The van der Waals surface area contributed by atoms with E-state index in [1.54, 1.807) is 6.08 Å². The van der Waals surface area contributed by atoms with E-state index in [2.05, 4.69) is 31.3 Å². The number of aliphatic hydroxyl groups is 2. The Morgan fingerprint density at radius 2 is 0.762 bits per heavy atom. The van der Waals surface area contributed by atoms with E-state index >= 15 is 0 Å². The van der Waals surface area contributed by atoms with E-state index in [9.17, 15) is 19.8 Å². The van der Waals surface area contributed by atoms with Gasteiger partial charge in [-0.2, -0.15) is 0 Å². The van der Waals surface area contributed by atoms with Crippen molar-refractivity contribution >= 4 is 11.9 Å². The maximum absolute atomic E-state index is 12.4. The highest BCUT2D eigenvalue weighted by molar-refractivity contribution is 5.76. The van der Waals surface area contributed by atoms with E-state index in [1.165, 1.54) is 205 Å². The summed E-state index contributed by atoms with van der Waals surface area (Å²) in [6, 6.07) is -0.665. The van der Waals surface area contributed by atoms with Crippen molar-refractivity contribution in [1.29, 1.82) is 0 Å². The van der Waals surface area contributed by atoms with Crippen LogP contribution in [0.15, 0.2) is 24.3 Å². The lowest BCUT2D eigenvalue weighted by molar-refractivity contribution is -0.143. The van der Waals surface area contributed by atoms with Crippen LogP contribution in [-0.2, 0) is 14.3 Å². The second kappa shape index (κ2) is 53.0. The molecule has 0 saturated carbocycles. The Hall–Kier alpha value is -1.66. The number of carbonyl (C=O) groups excluding carboxylic acids is 2. The molecule has 3 N–H and O–H groups in total. The van der Waals surface area contributed by atoms with E-state index < -0.39 is 12.1 Å². The lowest BCUT2D eigenvalue weighted by Gasteiger charge is -2.19. The van der Waals surface area contributed by atoms with Gasteiger partial charge in [-0.15, -0.1) is 0 Å². The minimum Gasteiger partial charge on any atom is -0.466 e. The maximum atomic E-state index is 12.4. The molecule has 0 aliphatic heterocycles. The van der Waals surface area contributed by atoms with Crippen LogP contribution in [0.3, 0.4) is 0 Å². The number of nitrogens with one attached hydrogen (secondary N) is 1. The van der Waals surface area contributed by atoms with Crippen LogP contribution in [0.5, 0.6) is 0 Å². The summed E-state index contributed by atoms with van der Waals surface area (Å²) in [5, 5.41) is 23.1. The molecule has 372 valence electrons. The van der Waals surface area contributed by atoms with Crippen molar-refractivity contribution in [3.63, 3.8) is 0 Å². The van der Waals surface area contributed by atoms with Gasteiger partial charge in [0.15, 0.2) is 0 Å². The molecular formula is C57H109NO5. The van der Waals surface area contributed by atoms with Crippen LogP contribution in [0.1, 0.15) is 303 Å². The van der Waals surface area contributed by atoms with Crippen LogP contribution in [0, 0.1) is 0 Å². The number of ether oxygens (including phenoxy) is 1. The molecule has 6 nitrogen and oxygen atoms in total. The SMILES string of the molecule is CCCCCCCCCCCCCCCCCC/C=C/C(O)C(CO)NC(=O)CCC/C=C\CCCCCCOC(=O)CCCCCCCCCCCCCCCCCCCCC. The summed E-state index contributed by atoms with van der Waals surface area (Å²) < 4.78 is 5.46. The molecule has 2 atom stereocenters. The largest absolute Gasteiger partial charge is 0.466 e. The lowest BCUT2D eigenvalue weighted by atomic mass is 10.0. The maximum Gasteiger partial charge on any atom is 0.305 e. The second-order valence-electron chi connectivity index (χ2n) is 19.3. The number of amides is 1. The average Bonchev–Trinajstić information content (AvgIpc) is 3.28. The highest BCUT2D eigenvalue weighted by Crippen LogP contribution is 2.17. The topological polar surface area (TPSA) is 95.9 Å². The van der Waals surface area contributed by atoms with Gasteiger partial charge in [-0.05, 0) is 51.4 Å². The predicted octanol–water partition coefficient (Wildman–Crippen LogP) is 17.1. The molecule has 0 rings (SSSR count). The lowest BCUT2D eigenvalue weighted by Crippen LogP contribution is -2.45. The summed E-state index contributed by atoms with van der Waals surface area (Å²) in [5.74, 6) is -0.159. The first kappa shape index (κ1) is 61.3. The van der Waals surface area contributed by atoms with Crippen molar-refractivity contribution in [1.82, 2.24) is 5.32 Å². The van der Waals surface area contributed by atoms with Crippen LogP contribution in [0.2, 0.25) is 0 Å². The Bertz CT molecular complexity index is 982. The van der Waals surface area contributed by atoms with Gasteiger partial charge in [-0.25, -0.2) is 0 Å². The minimum absolute atomic E-state index is 0.0330. The summed E-state index contributed by atoms with van der Waals surface area (Å²) in [5.41, 5.74) is 0. The zero-order valence-electron chi connectivity index (χ0n) is 42.3. The number of aliphatic hydroxyl groups excluding tert-OH is 2. The molecular weight excluding hydrogens is 779 g/mol. The number of carbonyl (C=O) groups is 2. The van der Waals surface area contributed by atoms with Crippen LogP contribution in [0.4, 0.5) is 0 Å². The third-order valence-corrected chi connectivity index (χ3v) is 13.0. The van der Waals surface area contributed by atoms with E-state index in [-0.39, 0.29) is 18.5 Å². The number of hydrogen-bond acceptors (Lipinski definition) is 5. The molecule has 1 amide bonds. The highest BCUT2D eigenvalue weighted by Gasteiger charge is 2.18. The fraction of sp³-hybridized carbons (Fsp3) is 0.895. The third kappa shape index (κ3) is 49.6. The van der Waals surface area contributed by atoms with Crippen LogP contribution in [0.25, 0.3) is 0 Å². The third-order valence-electron chi connectivity index (χ3n) is 13.0.